The number of anilines is 1. The molecule has 0 aromatic heterocycles. The van der Waals surface area contributed by atoms with E-state index < -0.39 is 0 Å². The highest BCUT2D eigenvalue weighted by Gasteiger charge is 2.15. The van der Waals surface area contributed by atoms with Gasteiger partial charge in [-0.1, -0.05) is 28.1 Å². The van der Waals surface area contributed by atoms with E-state index in [1.807, 2.05) is 12.1 Å². The molecule has 2 N–H and O–H groups in total. The molecule has 2 nitrogen and oxygen atoms in total. The van der Waals surface area contributed by atoms with Gasteiger partial charge in [0.05, 0.1) is 4.83 Å². The largest absolute Gasteiger partial charge is 0.398 e. The van der Waals surface area contributed by atoms with E-state index in [0.717, 1.165) is 11.1 Å². The fourth-order valence-corrected chi connectivity index (χ4v) is 1.71. The molecule has 0 spiro atoms. The number of carbonyl (C=O) groups excluding carboxylic acids is 1. The highest BCUT2D eigenvalue weighted by atomic mass is 79.9. The molecule has 0 bridgehead atoms. The first kappa shape index (κ1) is 11.5. The summed E-state index contributed by atoms with van der Waals surface area (Å²) in [6.45, 7) is 1.52. The Balaban J connectivity index is 3.11. The number of alkyl halides is 2. The molecule has 0 aliphatic rings. The zero-order valence-electron chi connectivity index (χ0n) is 7.76. The molecule has 4 heteroatoms. The van der Waals surface area contributed by atoms with Crippen molar-refractivity contribution in [2.75, 3.05) is 5.73 Å². The van der Waals surface area contributed by atoms with Crippen molar-refractivity contribution in [2.45, 2.75) is 17.6 Å². The van der Waals surface area contributed by atoms with Crippen LogP contribution in [0.2, 0.25) is 0 Å². The Bertz CT molecular complexity index is 354. The Kier molecular flexibility index (Phi) is 3.96. The highest BCUT2D eigenvalue weighted by Crippen LogP contribution is 2.29. The van der Waals surface area contributed by atoms with Crippen LogP contribution in [-0.2, 0) is 10.7 Å². The summed E-state index contributed by atoms with van der Waals surface area (Å²) in [5.74, 6) is 0.452. The molecule has 1 rings (SSSR count). The van der Waals surface area contributed by atoms with Crippen molar-refractivity contribution in [1.82, 2.24) is 0 Å². The molecule has 0 aliphatic heterocycles. The molecular formula is C10H11BrClNO. The normalized spacial score (nSPS) is 12.5. The first-order chi connectivity index (χ1) is 6.56. The topological polar surface area (TPSA) is 43.1 Å². The molecule has 1 atom stereocenters. The fraction of sp³-hybridized carbons (Fsp3) is 0.300. The zero-order chi connectivity index (χ0) is 10.7. The van der Waals surface area contributed by atoms with Gasteiger partial charge >= 0.3 is 0 Å². The first-order valence-corrected chi connectivity index (χ1v) is 5.60. The number of nitrogen functional groups attached to an aromatic ring is 1. The predicted molar refractivity (Wildman–Crippen MR) is 62.8 cm³/mol. The summed E-state index contributed by atoms with van der Waals surface area (Å²) >= 11 is 8.99. The molecule has 0 saturated carbocycles. The summed E-state index contributed by atoms with van der Waals surface area (Å²) in [5, 5.41) is 0. The summed E-state index contributed by atoms with van der Waals surface area (Å²) in [4.78, 5) is 10.8. The molecule has 0 fully saturated rings. The molecule has 1 aromatic carbocycles. The summed E-state index contributed by atoms with van der Waals surface area (Å²) in [7, 11) is 0. The average Bonchev–Trinajstić information content (AvgIpc) is 2.17. The second kappa shape index (κ2) is 4.80. The molecular weight excluding hydrogens is 265 g/mol. The lowest BCUT2D eigenvalue weighted by Crippen LogP contribution is -2.05. The van der Waals surface area contributed by atoms with Crippen LogP contribution in [0, 0.1) is 0 Å². The minimum Gasteiger partial charge on any atom is -0.398 e. The number of halogens is 2. The monoisotopic (exact) mass is 275 g/mol. The van der Waals surface area contributed by atoms with Crippen LogP contribution in [0.1, 0.15) is 22.9 Å². The standard InChI is InChI=1S/C10H11BrClNO/c1-6(14)10(11)8-4-7(5-12)2-3-9(8)13/h2-4,10H,5,13H2,1H3. The van der Waals surface area contributed by atoms with Gasteiger partial charge in [0.2, 0.25) is 0 Å². The Morgan fingerprint density at radius 3 is 2.79 bits per heavy atom. The number of nitrogens with two attached hydrogens (primary N) is 1. The van der Waals surface area contributed by atoms with Gasteiger partial charge in [-0.05, 0) is 24.1 Å². The number of hydrogen-bond acceptors (Lipinski definition) is 2. The Morgan fingerprint density at radius 1 is 1.64 bits per heavy atom. The van der Waals surface area contributed by atoms with Crippen molar-refractivity contribution in [1.29, 1.82) is 0 Å². The lowest BCUT2D eigenvalue weighted by atomic mass is 10.0. The van der Waals surface area contributed by atoms with Gasteiger partial charge in [-0.3, -0.25) is 4.79 Å². The van der Waals surface area contributed by atoms with E-state index in [-0.39, 0.29) is 10.6 Å². The molecule has 0 heterocycles. The molecule has 1 aromatic rings. The number of carbonyl (C=O) groups is 1. The maximum atomic E-state index is 11.2. The number of benzene rings is 1. The van der Waals surface area contributed by atoms with Gasteiger partial charge in [-0.2, -0.15) is 0 Å². The maximum Gasteiger partial charge on any atom is 0.147 e. The smallest absolute Gasteiger partial charge is 0.147 e. The van der Waals surface area contributed by atoms with Gasteiger partial charge in [0.25, 0.3) is 0 Å². The van der Waals surface area contributed by atoms with Crippen LogP contribution >= 0.6 is 27.5 Å². The second-order valence-corrected chi connectivity index (χ2v) is 4.25. The number of ketones is 1. The Morgan fingerprint density at radius 2 is 2.29 bits per heavy atom. The SMILES string of the molecule is CC(=O)C(Br)c1cc(CCl)ccc1N. The van der Waals surface area contributed by atoms with Crippen LogP contribution in [0.25, 0.3) is 0 Å². The molecule has 76 valence electrons. The van der Waals surface area contributed by atoms with Crippen LogP contribution in [0.3, 0.4) is 0 Å². The van der Waals surface area contributed by atoms with Gasteiger partial charge in [-0.15, -0.1) is 11.6 Å². The van der Waals surface area contributed by atoms with Crippen LogP contribution in [0.5, 0.6) is 0 Å². The van der Waals surface area contributed by atoms with E-state index in [1.54, 1.807) is 6.07 Å². The third-order valence-corrected chi connectivity index (χ3v) is 3.38. The van der Waals surface area contributed by atoms with Crippen molar-refractivity contribution >= 4 is 39.0 Å². The van der Waals surface area contributed by atoms with Gasteiger partial charge in [0.15, 0.2) is 0 Å². The van der Waals surface area contributed by atoms with E-state index in [0.29, 0.717) is 11.6 Å². The van der Waals surface area contributed by atoms with Crippen molar-refractivity contribution in [2.24, 2.45) is 0 Å². The van der Waals surface area contributed by atoms with Crippen molar-refractivity contribution in [3.05, 3.63) is 29.3 Å². The molecule has 14 heavy (non-hydrogen) atoms. The summed E-state index contributed by atoms with van der Waals surface area (Å²) in [6, 6.07) is 5.47. The zero-order valence-corrected chi connectivity index (χ0v) is 10.1. The molecule has 0 saturated heterocycles. The van der Waals surface area contributed by atoms with E-state index >= 15 is 0 Å². The molecule has 0 aliphatic carbocycles. The fourth-order valence-electron chi connectivity index (χ4n) is 1.15. The van der Waals surface area contributed by atoms with Gasteiger partial charge in [0, 0.05) is 11.6 Å². The van der Waals surface area contributed by atoms with Gasteiger partial charge in [0.1, 0.15) is 5.78 Å². The van der Waals surface area contributed by atoms with E-state index in [4.69, 9.17) is 17.3 Å². The third-order valence-electron chi connectivity index (χ3n) is 1.94. The van der Waals surface area contributed by atoms with Crippen LogP contribution in [-0.4, -0.2) is 5.78 Å². The lowest BCUT2D eigenvalue weighted by Gasteiger charge is -2.10. The molecule has 0 amide bonds. The van der Waals surface area contributed by atoms with Gasteiger partial charge < -0.3 is 5.73 Å². The number of rotatable bonds is 3. The quantitative estimate of drug-likeness (QED) is 0.681. The van der Waals surface area contributed by atoms with Crippen molar-refractivity contribution < 1.29 is 4.79 Å². The third kappa shape index (κ3) is 2.49. The van der Waals surface area contributed by atoms with E-state index in [2.05, 4.69) is 15.9 Å². The van der Waals surface area contributed by atoms with E-state index in [1.165, 1.54) is 6.92 Å². The number of Topliss-reactive ketones (excluding diaryl/α,β-unsaturated/α-hetero) is 1. The molecule has 0 radical (unpaired) electrons. The second-order valence-electron chi connectivity index (χ2n) is 3.07. The minimum absolute atomic E-state index is 0.0309. The lowest BCUT2D eigenvalue weighted by molar-refractivity contribution is -0.116. The molecule has 1 unspecified atom stereocenters. The Hall–Kier alpha value is -0.540. The van der Waals surface area contributed by atoms with Crippen LogP contribution in [0.15, 0.2) is 18.2 Å². The first-order valence-electron chi connectivity index (χ1n) is 4.15. The number of hydrogen-bond donors (Lipinski definition) is 1. The predicted octanol–water partition coefficient (Wildman–Crippen LogP) is 3.03. The van der Waals surface area contributed by atoms with Crippen molar-refractivity contribution in [3.63, 3.8) is 0 Å². The van der Waals surface area contributed by atoms with Crippen LogP contribution in [0.4, 0.5) is 5.69 Å². The van der Waals surface area contributed by atoms with E-state index in [9.17, 15) is 4.79 Å². The minimum atomic E-state index is -0.342. The highest BCUT2D eigenvalue weighted by molar-refractivity contribution is 9.09. The maximum absolute atomic E-state index is 11.2. The van der Waals surface area contributed by atoms with Gasteiger partial charge in [-0.25, -0.2) is 0 Å². The average molecular weight is 277 g/mol. The summed E-state index contributed by atoms with van der Waals surface area (Å²) in [5.41, 5.74) is 8.11. The summed E-state index contributed by atoms with van der Waals surface area (Å²) in [6.07, 6.45) is 0. The van der Waals surface area contributed by atoms with Crippen molar-refractivity contribution in [3.8, 4) is 0 Å². The Labute approximate surface area is 96.6 Å². The van der Waals surface area contributed by atoms with Crippen LogP contribution < -0.4 is 5.73 Å². The summed E-state index contributed by atoms with van der Waals surface area (Å²) < 4.78 is 0.